The van der Waals surface area contributed by atoms with E-state index in [9.17, 15) is 24.0 Å². The Morgan fingerprint density at radius 2 is 1.85 bits per heavy atom. The monoisotopic (exact) mass is 542 g/mol. The van der Waals surface area contributed by atoms with Gasteiger partial charge in [-0.2, -0.15) is 0 Å². The Hall–Kier alpha value is -3.89. The maximum absolute atomic E-state index is 13.5. The number of likely N-dealkylation sites (tertiary alicyclic amines) is 1. The largest absolute Gasteiger partial charge is 0.464 e. The van der Waals surface area contributed by atoms with E-state index in [1.807, 2.05) is 20.8 Å². The summed E-state index contributed by atoms with van der Waals surface area (Å²) in [5.41, 5.74) is -1.31. The summed E-state index contributed by atoms with van der Waals surface area (Å²) in [6.45, 7) is 12.3. The lowest BCUT2D eigenvalue weighted by atomic mass is 9.84. The van der Waals surface area contributed by atoms with Crippen LogP contribution < -0.4 is 16.0 Å². The van der Waals surface area contributed by atoms with Gasteiger partial charge in [-0.15, -0.1) is 6.58 Å². The number of nitrogens with one attached hydrogen (secondary N) is 3. The van der Waals surface area contributed by atoms with Gasteiger partial charge in [0.2, 0.25) is 5.91 Å². The van der Waals surface area contributed by atoms with Crippen LogP contribution in [0.25, 0.3) is 0 Å². The maximum Gasteiger partial charge on any atom is 0.411 e. The van der Waals surface area contributed by atoms with E-state index in [1.165, 1.54) is 11.8 Å². The Morgan fingerprint density at radius 3 is 2.38 bits per heavy atom. The molecule has 1 saturated carbocycles. The zero-order valence-electron chi connectivity index (χ0n) is 23.1. The molecule has 1 aromatic rings. The molecular formula is C28H38N4O7. The van der Waals surface area contributed by atoms with Crippen LogP contribution in [-0.4, -0.2) is 71.6 Å². The second-order valence-electron chi connectivity index (χ2n) is 11.0. The molecule has 3 rings (SSSR count). The first-order valence-corrected chi connectivity index (χ1v) is 13.0. The van der Waals surface area contributed by atoms with Gasteiger partial charge < -0.3 is 25.0 Å². The van der Waals surface area contributed by atoms with Crippen LogP contribution in [0.5, 0.6) is 0 Å². The van der Waals surface area contributed by atoms with E-state index in [0.717, 1.165) is 0 Å². The number of nitrogens with zero attached hydrogens (tertiary/aromatic N) is 1. The fourth-order valence-electron chi connectivity index (χ4n) is 4.88. The normalized spacial score (nSPS) is 24.6. The number of para-hydroxylation sites is 1. The zero-order chi connectivity index (χ0) is 29.0. The average Bonchev–Trinajstić information content (AvgIpc) is 3.42. The van der Waals surface area contributed by atoms with Crippen molar-refractivity contribution in [2.75, 3.05) is 18.5 Å². The second-order valence-corrected chi connectivity index (χ2v) is 11.0. The topological polar surface area (TPSA) is 143 Å². The molecule has 1 aliphatic carbocycles. The fraction of sp³-hybridized carbons (Fsp3) is 0.536. The first-order valence-electron chi connectivity index (χ1n) is 13.0. The van der Waals surface area contributed by atoms with E-state index >= 15 is 0 Å². The number of ether oxygens (including phenoxy) is 2. The lowest BCUT2D eigenvalue weighted by molar-refractivity contribution is -0.149. The number of carbonyl (C=O) groups excluding carboxylic acids is 5. The number of esters is 1. The van der Waals surface area contributed by atoms with Crippen molar-refractivity contribution in [1.82, 2.24) is 15.5 Å². The highest BCUT2D eigenvalue weighted by atomic mass is 16.6. The van der Waals surface area contributed by atoms with Gasteiger partial charge in [-0.25, -0.2) is 14.4 Å². The average molecular weight is 543 g/mol. The summed E-state index contributed by atoms with van der Waals surface area (Å²) < 4.78 is 10.7. The number of ketones is 1. The second kappa shape index (κ2) is 11.9. The van der Waals surface area contributed by atoms with Gasteiger partial charge in [0.05, 0.1) is 19.2 Å². The molecule has 11 nitrogen and oxygen atoms in total. The molecule has 0 unspecified atom stereocenters. The number of urea groups is 1. The number of anilines is 1. The molecule has 5 atom stereocenters. The number of amides is 4. The summed E-state index contributed by atoms with van der Waals surface area (Å²) >= 11 is 0. The molecule has 1 heterocycles. The molecule has 1 aromatic carbocycles. The Morgan fingerprint density at radius 1 is 1.18 bits per heavy atom. The van der Waals surface area contributed by atoms with Crippen molar-refractivity contribution in [2.24, 2.45) is 11.3 Å². The molecule has 0 spiro atoms. The Balaban J connectivity index is 1.80. The summed E-state index contributed by atoms with van der Waals surface area (Å²) in [4.78, 5) is 65.7. The van der Waals surface area contributed by atoms with Crippen molar-refractivity contribution in [2.45, 2.75) is 71.2 Å². The van der Waals surface area contributed by atoms with Gasteiger partial charge in [0, 0.05) is 18.0 Å². The van der Waals surface area contributed by atoms with Gasteiger partial charge in [0.1, 0.15) is 17.7 Å². The predicted molar refractivity (Wildman–Crippen MR) is 144 cm³/mol. The summed E-state index contributed by atoms with van der Waals surface area (Å²) in [6.07, 6.45) is 0.362. The lowest BCUT2D eigenvalue weighted by Crippen LogP contribution is -2.57. The van der Waals surface area contributed by atoms with Crippen molar-refractivity contribution in [3.05, 3.63) is 43.0 Å². The summed E-state index contributed by atoms with van der Waals surface area (Å²) in [7, 11) is 0. The lowest BCUT2D eigenvalue weighted by Gasteiger charge is -2.32. The molecule has 0 aromatic heterocycles. The number of Topliss-reactive ketones (excluding diaryl/α,β-unsaturated/α-hetero) is 1. The van der Waals surface area contributed by atoms with Gasteiger partial charge in [-0.3, -0.25) is 14.9 Å². The molecule has 3 N–H and O–H groups in total. The summed E-state index contributed by atoms with van der Waals surface area (Å²) in [5, 5.41) is 8.12. The van der Waals surface area contributed by atoms with E-state index < -0.39 is 53.1 Å². The molecule has 2 aliphatic rings. The molecule has 1 aliphatic heterocycles. The van der Waals surface area contributed by atoms with Crippen LogP contribution in [0.1, 0.15) is 47.5 Å². The third-order valence-corrected chi connectivity index (χ3v) is 6.95. The van der Waals surface area contributed by atoms with Gasteiger partial charge >= 0.3 is 18.1 Å². The van der Waals surface area contributed by atoms with Crippen LogP contribution in [0.3, 0.4) is 0 Å². The SMILES string of the molecule is C=C[C@@H]1C[C@]1(NC(=O)[C@@H]1C[C@@H](OC(=O)Nc2ccccc2)CN1C(=O)N[C@H](C(C)=O)C(C)(C)C)C(=O)OCC. The number of carbonyl (C=O) groups is 5. The summed E-state index contributed by atoms with van der Waals surface area (Å²) in [5.74, 6) is -1.71. The molecule has 212 valence electrons. The van der Waals surface area contributed by atoms with E-state index in [0.29, 0.717) is 12.1 Å². The molecule has 0 bridgehead atoms. The Labute approximate surface area is 228 Å². The van der Waals surface area contributed by atoms with Crippen LogP contribution in [0.15, 0.2) is 43.0 Å². The smallest absolute Gasteiger partial charge is 0.411 e. The number of benzene rings is 1. The van der Waals surface area contributed by atoms with Crippen LogP contribution in [0.2, 0.25) is 0 Å². The number of hydrogen-bond acceptors (Lipinski definition) is 7. The maximum atomic E-state index is 13.5. The van der Waals surface area contributed by atoms with Gasteiger partial charge in [0.25, 0.3) is 0 Å². The standard InChI is InChI=1S/C28H38N4O7/c1-7-18-15-28(18,24(35)38-8-2)31-23(34)21-14-20(39-26(37)29-19-12-10-9-11-13-19)16-32(21)25(36)30-22(17(3)33)27(4,5)6/h7,9-13,18,20-22H,1,8,14-16H2,2-6H3,(H,29,37)(H,30,36)(H,31,34)/t18-,20-,21+,22-,28-/m1/s1. The van der Waals surface area contributed by atoms with Gasteiger partial charge in [-0.05, 0) is 37.8 Å². The molecular weight excluding hydrogens is 504 g/mol. The van der Waals surface area contributed by atoms with Crippen molar-refractivity contribution in [3.63, 3.8) is 0 Å². The number of hydrogen-bond donors (Lipinski definition) is 3. The van der Waals surface area contributed by atoms with Crippen molar-refractivity contribution < 1.29 is 33.4 Å². The van der Waals surface area contributed by atoms with E-state index in [-0.39, 0.29) is 31.3 Å². The van der Waals surface area contributed by atoms with E-state index in [4.69, 9.17) is 9.47 Å². The first kappa shape index (κ1) is 29.7. The molecule has 2 fully saturated rings. The highest BCUT2D eigenvalue weighted by Crippen LogP contribution is 2.45. The molecule has 0 radical (unpaired) electrons. The Bertz CT molecular complexity index is 1120. The van der Waals surface area contributed by atoms with Crippen molar-refractivity contribution >= 4 is 35.5 Å². The molecule has 4 amide bonds. The molecule has 11 heteroatoms. The summed E-state index contributed by atoms with van der Waals surface area (Å²) in [6, 6.07) is 6.18. The molecule has 39 heavy (non-hydrogen) atoms. The van der Waals surface area contributed by atoms with Crippen LogP contribution in [0.4, 0.5) is 15.3 Å². The highest BCUT2D eigenvalue weighted by molar-refractivity contribution is 5.96. The minimum atomic E-state index is -1.26. The third kappa shape index (κ3) is 6.96. The zero-order valence-corrected chi connectivity index (χ0v) is 23.1. The van der Waals surface area contributed by atoms with Crippen molar-refractivity contribution in [1.29, 1.82) is 0 Å². The number of rotatable bonds is 9. The third-order valence-electron chi connectivity index (χ3n) is 6.95. The van der Waals surface area contributed by atoms with Crippen LogP contribution in [0, 0.1) is 11.3 Å². The highest BCUT2D eigenvalue weighted by Gasteiger charge is 2.62. The fourth-order valence-corrected chi connectivity index (χ4v) is 4.88. The minimum absolute atomic E-state index is 0.000615. The Kier molecular flexibility index (Phi) is 9.03. The van der Waals surface area contributed by atoms with Crippen molar-refractivity contribution in [3.8, 4) is 0 Å². The molecule has 1 saturated heterocycles. The van der Waals surface area contributed by atoms with E-state index in [2.05, 4.69) is 22.5 Å². The quantitative estimate of drug-likeness (QED) is 0.321. The van der Waals surface area contributed by atoms with Crippen LogP contribution >= 0.6 is 0 Å². The van der Waals surface area contributed by atoms with Gasteiger partial charge in [-0.1, -0.05) is 45.0 Å². The van der Waals surface area contributed by atoms with Crippen LogP contribution in [-0.2, 0) is 23.9 Å². The predicted octanol–water partition coefficient (Wildman–Crippen LogP) is 3.02. The minimum Gasteiger partial charge on any atom is -0.464 e. The first-order chi connectivity index (χ1) is 18.3. The van der Waals surface area contributed by atoms with E-state index in [1.54, 1.807) is 43.3 Å². The van der Waals surface area contributed by atoms with Gasteiger partial charge in [0.15, 0.2) is 5.78 Å².